The summed E-state index contributed by atoms with van der Waals surface area (Å²) in [6.07, 6.45) is 3.60. The average molecular weight is 349 g/mol. The Kier molecular flexibility index (Phi) is 5.71. The van der Waals surface area contributed by atoms with Gasteiger partial charge in [-0.2, -0.15) is 0 Å². The van der Waals surface area contributed by atoms with E-state index in [1.165, 1.54) is 5.56 Å². The van der Waals surface area contributed by atoms with E-state index in [1.807, 2.05) is 12.1 Å². The smallest absolute Gasteiger partial charge is 0.0656 e. The first-order chi connectivity index (χ1) is 12.6. The van der Waals surface area contributed by atoms with Crippen molar-refractivity contribution in [3.63, 3.8) is 0 Å². The van der Waals surface area contributed by atoms with Crippen LogP contribution in [-0.4, -0.2) is 48.0 Å². The van der Waals surface area contributed by atoms with Crippen LogP contribution < -0.4 is 11.3 Å². The zero-order valence-electron chi connectivity index (χ0n) is 15.6. The Hall–Kier alpha value is -2.63. The SMILES string of the molecule is C=C(/C(=C(\NN)c1ccc(C)cc1)c1ccncc1)N1CCN(C)CC1. The van der Waals surface area contributed by atoms with Gasteiger partial charge in [0.15, 0.2) is 0 Å². The Morgan fingerprint density at radius 2 is 1.62 bits per heavy atom. The molecule has 2 aromatic rings. The molecule has 26 heavy (non-hydrogen) atoms. The van der Waals surface area contributed by atoms with Gasteiger partial charge in [0.1, 0.15) is 0 Å². The van der Waals surface area contributed by atoms with Crippen molar-refractivity contribution in [2.24, 2.45) is 5.84 Å². The quantitative estimate of drug-likeness (QED) is 0.493. The van der Waals surface area contributed by atoms with Crippen LogP contribution in [0.15, 0.2) is 61.1 Å². The summed E-state index contributed by atoms with van der Waals surface area (Å²) in [5.41, 5.74) is 9.11. The molecule has 136 valence electrons. The number of benzene rings is 1. The van der Waals surface area contributed by atoms with E-state index in [2.05, 4.69) is 65.0 Å². The fourth-order valence-electron chi connectivity index (χ4n) is 3.23. The molecular weight excluding hydrogens is 322 g/mol. The average Bonchev–Trinajstić information content (AvgIpc) is 2.68. The molecule has 0 radical (unpaired) electrons. The third kappa shape index (κ3) is 3.95. The van der Waals surface area contributed by atoms with Crippen molar-refractivity contribution in [2.75, 3.05) is 33.2 Å². The number of nitrogens with two attached hydrogens (primary N) is 1. The molecule has 0 aliphatic carbocycles. The molecule has 0 saturated carbocycles. The highest BCUT2D eigenvalue weighted by Crippen LogP contribution is 2.31. The number of aromatic nitrogens is 1. The van der Waals surface area contributed by atoms with Gasteiger partial charge in [0.05, 0.1) is 5.70 Å². The highest BCUT2D eigenvalue weighted by molar-refractivity contribution is 5.96. The Morgan fingerprint density at radius 1 is 1.00 bits per heavy atom. The summed E-state index contributed by atoms with van der Waals surface area (Å²) in [6.45, 7) is 10.5. The highest BCUT2D eigenvalue weighted by Gasteiger charge is 2.21. The second-order valence-corrected chi connectivity index (χ2v) is 6.73. The Bertz CT molecular complexity index is 772. The minimum Gasteiger partial charge on any atom is -0.369 e. The summed E-state index contributed by atoms with van der Waals surface area (Å²) < 4.78 is 0. The molecule has 5 nitrogen and oxygen atoms in total. The van der Waals surface area contributed by atoms with Gasteiger partial charge in [0.2, 0.25) is 0 Å². The van der Waals surface area contributed by atoms with Crippen LogP contribution in [-0.2, 0) is 0 Å². The topological polar surface area (TPSA) is 57.4 Å². The number of rotatable bonds is 5. The fraction of sp³-hybridized carbons (Fsp3) is 0.286. The lowest BCUT2D eigenvalue weighted by atomic mass is 9.96. The molecule has 0 spiro atoms. The van der Waals surface area contributed by atoms with Crippen molar-refractivity contribution < 1.29 is 0 Å². The highest BCUT2D eigenvalue weighted by atomic mass is 15.3. The number of hydrazine groups is 1. The lowest BCUT2D eigenvalue weighted by Crippen LogP contribution is -2.44. The normalized spacial score (nSPS) is 16.2. The molecule has 1 fully saturated rings. The number of hydrogen-bond acceptors (Lipinski definition) is 5. The van der Waals surface area contributed by atoms with E-state index in [-0.39, 0.29) is 0 Å². The first kappa shape index (κ1) is 18.2. The minimum atomic E-state index is 0.875. The van der Waals surface area contributed by atoms with Crippen molar-refractivity contribution in [1.29, 1.82) is 0 Å². The maximum absolute atomic E-state index is 5.98. The third-order valence-electron chi connectivity index (χ3n) is 4.88. The molecule has 1 aromatic heterocycles. The number of nitrogens with zero attached hydrogens (tertiary/aromatic N) is 3. The zero-order valence-corrected chi connectivity index (χ0v) is 15.6. The molecular formula is C21H27N5. The number of hydrogen-bond donors (Lipinski definition) is 2. The number of likely N-dealkylation sites (N-methyl/N-ethyl adjacent to an activating group) is 1. The van der Waals surface area contributed by atoms with Gasteiger partial charge in [-0.15, -0.1) is 0 Å². The molecule has 1 aliphatic heterocycles. The van der Waals surface area contributed by atoms with Crippen LogP contribution >= 0.6 is 0 Å². The monoisotopic (exact) mass is 349 g/mol. The fourth-order valence-corrected chi connectivity index (χ4v) is 3.23. The standard InChI is InChI=1S/C21H27N5/c1-16-4-6-19(7-5-16)21(24-22)20(18-8-10-23-11-9-18)17(2)26-14-12-25(3)13-15-26/h4-11,24H,2,12-15,22H2,1,3H3/b21-20+. The number of aryl methyl sites for hydroxylation is 1. The number of nitrogens with one attached hydrogen (secondary N) is 1. The molecule has 2 heterocycles. The van der Waals surface area contributed by atoms with Gasteiger partial charge in [-0.1, -0.05) is 36.4 Å². The molecule has 3 rings (SSSR count). The van der Waals surface area contributed by atoms with Gasteiger partial charge in [-0.25, -0.2) is 0 Å². The molecule has 3 N–H and O–H groups in total. The van der Waals surface area contributed by atoms with Crippen molar-refractivity contribution in [3.05, 3.63) is 77.8 Å². The summed E-state index contributed by atoms with van der Waals surface area (Å²) in [4.78, 5) is 8.82. The van der Waals surface area contributed by atoms with Gasteiger partial charge < -0.3 is 15.2 Å². The predicted octanol–water partition coefficient (Wildman–Crippen LogP) is 2.48. The van der Waals surface area contributed by atoms with E-state index >= 15 is 0 Å². The Morgan fingerprint density at radius 3 is 2.19 bits per heavy atom. The molecule has 0 bridgehead atoms. The molecule has 0 unspecified atom stereocenters. The van der Waals surface area contributed by atoms with Crippen LogP contribution in [0, 0.1) is 6.92 Å². The molecule has 1 saturated heterocycles. The van der Waals surface area contributed by atoms with Crippen LogP contribution in [0.2, 0.25) is 0 Å². The number of pyridine rings is 1. The van der Waals surface area contributed by atoms with Crippen LogP contribution in [0.3, 0.4) is 0 Å². The summed E-state index contributed by atoms with van der Waals surface area (Å²) in [7, 11) is 2.15. The molecule has 1 aliphatic rings. The number of allylic oxidation sites excluding steroid dienone is 1. The van der Waals surface area contributed by atoms with E-state index in [9.17, 15) is 0 Å². The van der Waals surface area contributed by atoms with Gasteiger partial charge in [0, 0.05) is 49.8 Å². The van der Waals surface area contributed by atoms with Crippen LogP contribution in [0.1, 0.15) is 16.7 Å². The Balaban J connectivity index is 2.07. The van der Waals surface area contributed by atoms with E-state index in [0.717, 1.165) is 54.3 Å². The second-order valence-electron chi connectivity index (χ2n) is 6.73. The Labute approximate surface area is 155 Å². The first-order valence-electron chi connectivity index (χ1n) is 8.91. The predicted molar refractivity (Wildman–Crippen MR) is 108 cm³/mol. The largest absolute Gasteiger partial charge is 0.369 e. The second kappa shape index (κ2) is 8.17. The van der Waals surface area contributed by atoms with Gasteiger partial charge in [0.25, 0.3) is 0 Å². The van der Waals surface area contributed by atoms with E-state index in [0.29, 0.717) is 0 Å². The van der Waals surface area contributed by atoms with Crippen LogP contribution in [0.25, 0.3) is 11.3 Å². The maximum Gasteiger partial charge on any atom is 0.0656 e. The lowest BCUT2D eigenvalue weighted by molar-refractivity contribution is 0.192. The van der Waals surface area contributed by atoms with E-state index < -0.39 is 0 Å². The van der Waals surface area contributed by atoms with Gasteiger partial charge in [-0.05, 0) is 37.2 Å². The number of piperazine rings is 1. The van der Waals surface area contributed by atoms with E-state index in [4.69, 9.17) is 5.84 Å². The van der Waals surface area contributed by atoms with Crippen molar-refractivity contribution in [2.45, 2.75) is 6.92 Å². The van der Waals surface area contributed by atoms with E-state index in [1.54, 1.807) is 12.4 Å². The molecule has 0 atom stereocenters. The summed E-state index contributed by atoms with van der Waals surface area (Å²) in [5.74, 6) is 5.98. The van der Waals surface area contributed by atoms with Gasteiger partial charge >= 0.3 is 0 Å². The van der Waals surface area contributed by atoms with Crippen molar-refractivity contribution in [1.82, 2.24) is 20.2 Å². The summed E-state index contributed by atoms with van der Waals surface area (Å²) in [6, 6.07) is 12.4. The van der Waals surface area contributed by atoms with Crippen molar-refractivity contribution >= 4 is 11.3 Å². The first-order valence-corrected chi connectivity index (χ1v) is 8.91. The third-order valence-corrected chi connectivity index (χ3v) is 4.88. The van der Waals surface area contributed by atoms with Crippen LogP contribution in [0.5, 0.6) is 0 Å². The summed E-state index contributed by atoms with van der Waals surface area (Å²) >= 11 is 0. The van der Waals surface area contributed by atoms with Crippen LogP contribution in [0.4, 0.5) is 0 Å². The summed E-state index contributed by atoms with van der Waals surface area (Å²) in [5, 5.41) is 0. The maximum atomic E-state index is 5.98. The molecule has 0 amide bonds. The van der Waals surface area contributed by atoms with Crippen molar-refractivity contribution in [3.8, 4) is 0 Å². The zero-order chi connectivity index (χ0) is 18.5. The lowest BCUT2D eigenvalue weighted by Gasteiger charge is -2.36. The molecule has 5 heteroatoms. The minimum absolute atomic E-state index is 0.875. The van der Waals surface area contributed by atoms with Gasteiger partial charge in [-0.3, -0.25) is 10.8 Å². The molecule has 1 aromatic carbocycles.